The molecule has 5 nitrogen and oxygen atoms in total. The predicted molar refractivity (Wildman–Crippen MR) is 105 cm³/mol. The van der Waals surface area contributed by atoms with Crippen molar-refractivity contribution in [3.8, 4) is 10.6 Å². The Kier molecular flexibility index (Phi) is 4.95. The van der Waals surface area contributed by atoms with Crippen molar-refractivity contribution in [3.63, 3.8) is 0 Å². The molecule has 26 heavy (non-hydrogen) atoms. The minimum atomic E-state index is -0.148. The highest BCUT2D eigenvalue weighted by Crippen LogP contribution is 2.35. The molecule has 1 aromatic carbocycles. The molecular formula is C20H23N3O2S. The number of amides is 2. The van der Waals surface area contributed by atoms with Gasteiger partial charge >= 0.3 is 6.03 Å². The first kappa shape index (κ1) is 17.1. The van der Waals surface area contributed by atoms with Gasteiger partial charge in [0.25, 0.3) is 0 Å². The second-order valence-electron chi connectivity index (χ2n) is 6.58. The fourth-order valence-corrected chi connectivity index (χ4v) is 4.45. The standard InChI is InChI=1S/C20H23N3O2S/c1-23-17-8-3-2-7-15(17)16(19(23)18-9-5-11-26-18)13-22-20(24)21-12-14-6-4-10-25-14/h2-3,5,7-9,11,14H,4,6,10,12-13H2,1H3,(H2,21,22,24)/t14-/m0/s1. The van der Waals surface area contributed by atoms with E-state index in [9.17, 15) is 4.79 Å². The molecule has 3 aromatic rings. The van der Waals surface area contributed by atoms with Crippen LogP contribution in [-0.2, 0) is 18.3 Å². The molecule has 136 valence electrons. The maximum atomic E-state index is 12.2. The summed E-state index contributed by atoms with van der Waals surface area (Å²) in [5.41, 5.74) is 3.49. The van der Waals surface area contributed by atoms with Crippen LogP contribution in [0.1, 0.15) is 18.4 Å². The average Bonchev–Trinajstić information content (AvgIpc) is 3.40. The van der Waals surface area contributed by atoms with E-state index in [0.29, 0.717) is 13.1 Å². The molecule has 2 aromatic heterocycles. The topological polar surface area (TPSA) is 55.3 Å². The van der Waals surface area contributed by atoms with Gasteiger partial charge in [-0.2, -0.15) is 0 Å². The van der Waals surface area contributed by atoms with Crippen molar-refractivity contribution in [1.82, 2.24) is 15.2 Å². The zero-order valence-electron chi connectivity index (χ0n) is 14.8. The first-order valence-electron chi connectivity index (χ1n) is 8.97. The third kappa shape index (κ3) is 3.34. The van der Waals surface area contributed by atoms with E-state index in [1.54, 1.807) is 11.3 Å². The molecule has 4 rings (SSSR count). The van der Waals surface area contributed by atoms with Crippen LogP contribution >= 0.6 is 11.3 Å². The van der Waals surface area contributed by atoms with Gasteiger partial charge in [0, 0.05) is 43.2 Å². The quantitative estimate of drug-likeness (QED) is 0.717. The Morgan fingerprint density at radius 2 is 2.15 bits per heavy atom. The van der Waals surface area contributed by atoms with Crippen molar-refractivity contribution >= 4 is 28.3 Å². The number of aromatic nitrogens is 1. The minimum absolute atomic E-state index is 0.148. The maximum Gasteiger partial charge on any atom is 0.315 e. The minimum Gasteiger partial charge on any atom is -0.376 e. The number of nitrogens with one attached hydrogen (secondary N) is 2. The lowest BCUT2D eigenvalue weighted by Crippen LogP contribution is -2.39. The number of hydrogen-bond acceptors (Lipinski definition) is 3. The highest BCUT2D eigenvalue weighted by Gasteiger charge is 2.19. The molecular weight excluding hydrogens is 346 g/mol. The zero-order valence-corrected chi connectivity index (χ0v) is 15.6. The van der Waals surface area contributed by atoms with E-state index < -0.39 is 0 Å². The number of aryl methyl sites for hydroxylation is 1. The van der Waals surface area contributed by atoms with Gasteiger partial charge in [0.1, 0.15) is 0 Å². The van der Waals surface area contributed by atoms with Crippen molar-refractivity contribution in [3.05, 3.63) is 47.3 Å². The summed E-state index contributed by atoms with van der Waals surface area (Å²) in [7, 11) is 2.08. The van der Waals surface area contributed by atoms with E-state index in [1.165, 1.54) is 21.5 Å². The van der Waals surface area contributed by atoms with Gasteiger partial charge in [-0.1, -0.05) is 24.3 Å². The van der Waals surface area contributed by atoms with Crippen molar-refractivity contribution < 1.29 is 9.53 Å². The predicted octanol–water partition coefficient (Wildman–Crippen LogP) is 3.89. The van der Waals surface area contributed by atoms with Crippen molar-refractivity contribution in [2.45, 2.75) is 25.5 Å². The third-order valence-corrected chi connectivity index (χ3v) is 5.78. The van der Waals surface area contributed by atoms with Crippen LogP contribution in [0.15, 0.2) is 41.8 Å². The molecule has 0 saturated carbocycles. The number of hydrogen-bond donors (Lipinski definition) is 2. The SMILES string of the molecule is Cn1c(-c2cccs2)c(CNC(=O)NC[C@@H]2CCCO2)c2ccccc21. The van der Waals surface area contributed by atoms with Crippen LogP contribution in [0.25, 0.3) is 21.5 Å². The molecule has 3 heterocycles. The normalized spacial score (nSPS) is 16.9. The van der Waals surface area contributed by atoms with Crippen molar-refractivity contribution in [2.24, 2.45) is 7.05 Å². The van der Waals surface area contributed by atoms with Gasteiger partial charge < -0.3 is 19.9 Å². The Morgan fingerprint density at radius 3 is 2.92 bits per heavy atom. The van der Waals surface area contributed by atoms with E-state index in [-0.39, 0.29) is 12.1 Å². The molecule has 0 spiro atoms. The fraction of sp³-hybridized carbons (Fsp3) is 0.350. The zero-order chi connectivity index (χ0) is 17.9. The molecule has 0 aliphatic carbocycles. The molecule has 1 saturated heterocycles. The highest BCUT2D eigenvalue weighted by molar-refractivity contribution is 7.13. The monoisotopic (exact) mass is 369 g/mol. The van der Waals surface area contributed by atoms with Crippen LogP contribution in [-0.4, -0.2) is 29.9 Å². The summed E-state index contributed by atoms with van der Waals surface area (Å²) in [6, 6.07) is 12.4. The molecule has 1 aliphatic heterocycles. The number of carbonyl (C=O) groups excluding carboxylic acids is 1. The second kappa shape index (κ2) is 7.51. The molecule has 0 bridgehead atoms. The average molecular weight is 369 g/mol. The molecule has 0 unspecified atom stereocenters. The Hall–Kier alpha value is -2.31. The molecule has 1 fully saturated rings. The Bertz CT molecular complexity index is 895. The summed E-state index contributed by atoms with van der Waals surface area (Å²) in [4.78, 5) is 13.4. The Morgan fingerprint density at radius 1 is 1.27 bits per heavy atom. The smallest absolute Gasteiger partial charge is 0.315 e. The molecule has 6 heteroatoms. The number of thiophene rings is 1. The molecule has 1 aliphatic rings. The van der Waals surface area contributed by atoms with Crippen LogP contribution in [0.5, 0.6) is 0 Å². The number of nitrogens with zero attached hydrogens (tertiary/aromatic N) is 1. The van der Waals surface area contributed by atoms with Gasteiger partial charge in [0.05, 0.1) is 16.7 Å². The van der Waals surface area contributed by atoms with E-state index >= 15 is 0 Å². The molecule has 2 amide bonds. The number of urea groups is 1. The Labute approximate surface area is 157 Å². The van der Waals surface area contributed by atoms with E-state index in [0.717, 1.165) is 25.0 Å². The Balaban J connectivity index is 1.53. The second-order valence-corrected chi connectivity index (χ2v) is 7.53. The first-order chi connectivity index (χ1) is 12.7. The van der Waals surface area contributed by atoms with E-state index in [2.05, 4.69) is 51.9 Å². The number of rotatable bonds is 5. The summed E-state index contributed by atoms with van der Waals surface area (Å²) < 4.78 is 7.76. The number of ether oxygens (including phenoxy) is 1. The number of benzene rings is 1. The lowest BCUT2D eigenvalue weighted by Gasteiger charge is -2.12. The van der Waals surface area contributed by atoms with Crippen LogP contribution < -0.4 is 10.6 Å². The first-order valence-corrected chi connectivity index (χ1v) is 9.85. The summed E-state index contributed by atoms with van der Waals surface area (Å²) in [6.45, 7) is 1.86. The lowest BCUT2D eigenvalue weighted by atomic mass is 10.1. The summed E-state index contributed by atoms with van der Waals surface area (Å²) in [6.07, 6.45) is 2.25. The summed E-state index contributed by atoms with van der Waals surface area (Å²) >= 11 is 1.72. The van der Waals surface area contributed by atoms with Crippen molar-refractivity contribution in [1.29, 1.82) is 0 Å². The van der Waals surface area contributed by atoms with Crippen molar-refractivity contribution in [2.75, 3.05) is 13.2 Å². The molecule has 1 atom stereocenters. The van der Waals surface area contributed by atoms with Gasteiger partial charge in [-0.25, -0.2) is 4.79 Å². The van der Waals surface area contributed by atoms with Gasteiger partial charge in [-0.3, -0.25) is 0 Å². The summed E-state index contributed by atoms with van der Waals surface area (Å²) in [5.74, 6) is 0. The third-order valence-electron chi connectivity index (χ3n) is 4.91. The van der Waals surface area contributed by atoms with Gasteiger partial charge in [-0.15, -0.1) is 11.3 Å². The molecule has 2 N–H and O–H groups in total. The maximum absolute atomic E-state index is 12.2. The van der Waals surface area contributed by atoms with Crippen LogP contribution in [0, 0.1) is 0 Å². The van der Waals surface area contributed by atoms with E-state index in [4.69, 9.17) is 4.74 Å². The number of fused-ring (bicyclic) bond motifs is 1. The van der Waals surface area contributed by atoms with Crippen LogP contribution in [0.4, 0.5) is 4.79 Å². The summed E-state index contributed by atoms with van der Waals surface area (Å²) in [5, 5.41) is 9.20. The lowest BCUT2D eigenvalue weighted by molar-refractivity contribution is 0.111. The molecule has 0 radical (unpaired) electrons. The van der Waals surface area contributed by atoms with Gasteiger partial charge in [0.2, 0.25) is 0 Å². The fourth-order valence-electron chi connectivity index (χ4n) is 3.62. The van der Waals surface area contributed by atoms with Gasteiger partial charge in [0.15, 0.2) is 0 Å². The van der Waals surface area contributed by atoms with Crippen LogP contribution in [0.2, 0.25) is 0 Å². The van der Waals surface area contributed by atoms with Gasteiger partial charge in [-0.05, 0) is 30.4 Å². The van der Waals surface area contributed by atoms with E-state index in [1.807, 2.05) is 12.1 Å². The van der Waals surface area contributed by atoms with Crippen LogP contribution in [0.3, 0.4) is 0 Å². The highest BCUT2D eigenvalue weighted by atomic mass is 32.1. The number of carbonyl (C=O) groups is 1. The largest absolute Gasteiger partial charge is 0.376 e. The number of para-hydroxylation sites is 1.